The first-order valence-electron chi connectivity index (χ1n) is 6.42. The zero-order valence-corrected chi connectivity index (χ0v) is 12.7. The zero-order chi connectivity index (χ0) is 15.6. The second-order valence-electron chi connectivity index (χ2n) is 4.98. The molecule has 0 saturated carbocycles. The Morgan fingerprint density at radius 1 is 1.19 bits per heavy atom. The molecule has 0 unspecified atom stereocenters. The van der Waals surface area contributed by atoms with Crippen molar-refractivity contribution < 1.29 is 8.42 Å². The summed E-state index contributed by atoms with van der Waals surface area (Å²) in [5, 5.41) is 8.85. The molecular formula is C16H16N2O2S. The molecule has 0 spiro atoms. The molecule has 0 radical (unpaired) electrons. The third-order valence-corrected chi connectivity index (χ3v) is 5.28. The van der Waals surface area contributed by atoms with Crippen LogP contribution in [0.4, 0.5) is 5.69 Å². The van der Waals surface area contributed by atoms with Crippen molar-refractivity contribution in [1.82, 2.24) is 0 Å². The van der Waals surface area contributed by atoms with Gasteiger partial charge in [-0.25, -0.2) is 8.42 Å². The number of rotatable bonds is 3. The highest BCUT2D eigenvalue weighted by Gasteiger charge is 2.19. The monoisotopic (exact) mass is 300 g/mol. The van der Waals surface area contributed by atoms with Crippen molar-refractivity contribution in [2.24, 2.45) is 0 Å². The van der Waals surface area contributed by atoms with Crippen LogP contribution < -0.4 is 5.73 Å². The van der Waals surface area contributed by atoms with Crippen LogP contribution in [0.15, 0.2) is 41.3 Å². The molecular weight excluding hydrogens is 284 g/mol. The Morgan fingerprint density at radius 2 is 1.90 bits per heavy atom. The normalized spacial score (nSPS) is 11.1. The summed E-state index contributed by atoms with van der Waals surface area (Å²) >= 11 is 0. The first kappa shape index (κ1) is 15.1. The van der Waals surface area contributed by atoms with E-state index in [1.165, 1.54) is 0 Å². The summed E-state index contributed by atoms with van der Waals surface area (Å²) in [5.74, 6) is -0.102. The number of nitrogen functional groups attached to an aromatic ring is 1. The first-order chi connectivity index (χ1) is 9.85. The van der Waals surface area contributed by atoms with Crippen LogP contribution in [0.1, 0.15) is 22.3 Å². The highest BCUT2D eigenvalue weighted by Crippen LogP contribution is 2.25. The Morgan fingerprint density at radius 3 is 2.52 bits per heavy atom. The number of aryl methyl sites for hydroxylation is 1. The summed E-state index contributed by atoms with van der Waals surface area (Å²) in [6.07, 6.45) is 0. The van der Waals surface area contributed by atoms with Crippen LogP contribution in [0.2, 0.25) is 0 Å². The molecule has 5 heteroatoms. The van der Waals surface area contributed by atoms with Gasteiger partial charge in [0.15, 0.2) is 9.84 Å². The van der Waals surface area contributed by atoms with Crippen molar-refractivity contribution in [1.29, 1.82) is 5.26 Å². The highest BCUT2D eigenvalue weighted by molar-refractivity contribution is 7.90. The molecule has 0 aromatic heterocycles. The second kappa shape index (κ2) is 5.58. The van der Waals surface area contributed by atoms with E-state index in [2.05, 4.69) is 0 Å². The van der Waals surface area contributed by atoms with Gasteiger partial charge in [0.05, 0.1) is 22.3 Å². The Balaban J connectivity index is 2.43. The molecule has 2 N–H and O–H groups in total. The Bertz CT molecular complexity index is 834. The van der Waals surface area contributed by atoms with Crippen LogP contribution in [-0.2, 0) is 15.6 Å². The topological polar surface area (TPSA) is 84.0 Å². The predicted octanol–water partition coefficient (Wildman–Crippen LogP) is 2.73. The molecule has 0 aliphatic heterocycles. The molecule has 2 aromatic carbocycles. The van der Waals surface area contributed by atoms with E-state index in [0.717, 1.165) is 5.56 Å². The summed E-state index contributed by atoms with van der Waals surface area (Å²) in [4.78, 5) is 0.256. The number of anilines is 1. The van der Waals surface area contributed by atoms with Gasteiger partial charge < -0.3 is 5.73 Å². The van der Waals surface area contributed by atoms with Crippen molar-refractivity contribution in [3.8, 4) is 6.07 Å². The number of hydrogen-bond acceptors (Lipinski definition) is 4. The molecule has 0 heterocycles. The van der Waals surface area contributed by atoms with Crippen LogP contribution in [0.25, 0.3) is 0 Å². The fourth-order valence-corrected chi connectivity index (χ4v) is 3.94. The first-order valence-corrected chi connectivity index (χ1v) is 8.08. The number of sulfone groups is 1. The Kier molecular flexibility index (Phi) is 4.01. The van der Waals surface area contributed by atoms with Crippen molar-refractivity contribution in [2.45, 2.75) is 24.5 Å². The van der Waals surface area contributed by atoms with Gasteiger partial charge in [0.1, 0.15) is 0 Å². The zero-order valence-electron chi connectivity index (χ0n) is 11.9. The summed E-state index contributed by atoms with van der Waals surface area (Å²) < 4.78 is 25.1. The maximum absolute atomic E-state index is 12.6. The fraction of sp³-hybridized carbons (Fsp3) is 0.188. The number of hydrogen-bond donors (Lipinski definition) is 1. The van der Waals surface area contributed by atoms with Crippen molar-refractivity contribution in [3.05, 3.63) is 58.7 Å². The summed E-state index contributed by atoms with van der Waals surface area (Å²) in [6.45, 7) is 3.51. The second-order valence-corrected chi connectivity index (χ2v) is 6.94. The lowest BCUT2D eigenvalue weighted by molar-refractivity contribution is 0.594. The molecule has 0 aliphatic carbocycles. The van der Waals surface area contributed by atoms with Gasteiger partial charge in [0.25, 0.3) is 0 Å². The van der Waals surface area contributed by atoms with E-state index >= 15 is 0 Å². The van der Waals surface area contributed by atoms with E-state index in [1.54, 1.807) is 50.2 Å². The third kappa shape index (κ3) is 3.06. The molecule has 2 aromatic rings. The molecule has 21 heavy (non-hydrogen) atoms. The Labute approximate surface area is 124 Å². The SMILES string of the molecule is Cc1cc(C#N)ccc1CS(=O)(=O)c1cccc(N)c1C. The average molecular weight is 300 g/mol. The molecule has 2 rings (SSSR count). The molecule has 0 amide bonds. The van der Waals surface area contributed by atoms with E-state index in [-0.39, 0.29) is 10.6 Å². The number of nitriles is 1. The molecule has 0 atom stereocenters. The van der Waals surface area contributed by atoms with E-state index in [0.29, 0.717) is 22.4 Å². The lowest BCUT2D eigenvalue weighted by Gasteiger charge is -2.11. The van der Waals surface area contributed by atoms with Crippen molar-refractivity contribution >= 4 is 15.5 Å². The van der Waals surface area contributed by atoms with Crippen molar-refractivity contribution in [3.63, 3.8) is 0 Å². The van der Waals surface area contributed by atoms with Crippen LogP contribution in [0, 0.1) is 25.2 Å². The number of benzene rings is 2. The predicted molar refractivity (Wildman–Crippen MR) is 82.4 cm³/mol. The van der Waals surface area contributed by atoms with Crippen LogP contribution in [-0.4, -0.2) is 8.42 Å². The van der Waals surface area contributed by atoms with Crippen LogP contribution in [0.3, 0.4) is 0 Å². The molecule has 108 valence electrons. The van der Waals surface area contributed by atoms with Gasteiger partial charge in [-0.1, -0.05) is 12.1 Å². The molecule has 4 nitrogen and oxygen atoms in total. The molecule has 0 bridgehead atoms. The van der Waals surface area contributed by atoms with Gasteiger partial charge in [-0.2, -0.15) is 5.26 Å². The minimum atomic E-state index is -3.47. The summed E-state index contributed by atoms with van der Waals surface area (Å²) in [6, 6.07) is 11.9. The van der Waals surface area contributed by atoms with Gasteiger partial charge in [0, 0.05) is 5.69 Å². The Hall–Kier alpha value is -2.32. The maximum Gasteiger partial charge on any atom is 0.182 e. The van der Waals surface area contributed by atoms with E-state index in [1.807, 2.05) is 6.07 Å². The van der Waals surface area contributed by atoms with Gasteiger partial charge >= 0.3 is 0 Å². The quantitative estimate of drug-likeness (QED) is 0.883. The van der Waals surface area contributed by atoms with E-state index < -0.39 is 9.84 Å². The van der Waals surface area contributed by atoms with Gasteiger partial charge in [-0.05, 0) is 54.8 Å². The van der Waals surface area contributed by atoms with E-state index in [4.69, 9.17) is 11.0 Å². The number of nitrogens with two attached hydrogens (primary N) is 1. The lowest BCUT2D eigenvalue weighted by atomic mass is 10.1. The average Bonchev–Trinajstić information content (AvgIpc) is 2.43. The minimum absolute atomic E-state index is 0.102. The van der Waals surface area contributed by atoms with Gasteiger partial charge in [0.2, 0.25) is 0 Å². The largest absolute Gasteiger partial charge is 0.398 e. The van der Waals surface area contributed by atoms with Gasteiger partial charge in [-0.3, -0.25) is 0 Å². The number of nitrogens with zero attached hydrogens (tertiary/aromatic N) is 1. The van der Waals surface area contributed by atoms with Crippen molar-refractivity contribution in [2.75, 3.05) is 5.73 Å². The molecule has 0 aliphatic rings. The molecule has 0 fully saturated rings. The third-order valence-electron chi connectivity index (χ3n) is 3.48. The van der Waals surface area contributed by atoms with Crippen LogP contribution in [0.5, 0.6) is 0 Å². The fourth-order valence-electron chi connectivity index (χ4n) is 2.18. The van der Waals surface area contributed by atoms with Crippen LogP contribution >= 0.6 is 0 Å². The molecule has 0 saturated heterocycles. The van der Waals surface area contributed by atoms with Gasteiger partial charge in [-0.15, -0.1) is 0 Å². The highest BCUT2D eigenvalue weighted by atomic mass is 32.2. The summed E-state index contributed by atoms with van der Waals surface area (Å²) in [7, 11) is -3.47. The maximum atomic E-state index is 12.6. The standard InChI is InChI=1S/C16H16N2O2S/c1-11-8-13(9-17)6-7-14(11)10-21(19,20)16-5-3-4-15(18)12(16)2/h3-8H,10,18H2,1-2H3. The smallest absolute Gasteiger partial charge is 0.182 e. The summed E-state index contributed by atoms with van der Waals surface area (Å²) in [5.41, 5.74) is 8.82. The minimum Gasteiger partial charge on any atom is -0.398 e. The van der Waals surface area contributed by atoms with E-state index in [9.17, 15) is 8.42 Å². The lowest BCUT2D eigenvalue weighted by Crippen LogP contribution is -2.09.